The number of carbonyl (C=O) groups is 4. The standard InChI is InChI=1S/C22H18N8O4/c1-23-20-26-21(24-10-29-16(31)12-6-2-3-7-13(12)17(29)32)28-22(27-20)25-11-30-18(33)14-8-4-5-9-15(14)19(30)34/h2-9H,10-11H2,1H3,(H3,23,24,25,26,27,28). The number of nitrogens with one attached hydrogen (secondary N) is 3. The molecule has 5 rings (SSSR count). The van der Waals surface area contributed by atoms with Gasteiger partial charge in [-0.2, -0.15) is 15.0 Å². The lowest BCUT2D eigenvalue weighted by atomic mass is 10.1. The molecule has 0 unspecified atom stereocenters. The number of imide groups is 2. The first-order chi connectivity index (χ1) is 16.5. The van der Waals surface area contributed by atoms with Crippen LogP contribution in [0.25, 0.3) is 0 Å². The predicted molar refractivity (Wildman–Crippen MR) is 120 cm³/mol. The highest BCUT2D eigenvalue weighted by atomic mass is 16.2. The first kappa shape index (κ1) is 21.0. The molecule has 0 radical (unpaired) electrons. The molecule has 0 aliphatic carbocycles. The highest BCUT2D eigenvalue weighted by Crippen LogP contribution is 2.23. The van der Waals surface area contributed by atoms with Gasteiger partial charge in [0.25, 0.3) is 23.6 Å². The van der Waals surface area contributed by atoms with E-state index in [-0.39, 0.29) is 31.2 Å². The minimum atomic E-state index is -0.417. The topological polar surface area (TPSA) is 150 Å². The fourth-order valence-electron chi connectivity index (χ4n) is 3.71. The monoisotopic (exact) mass is 458 g/mol. The molecule has 12 nitrogen and oxygen atoms in total. The zero-order chi connectivity index (χ0) is 23.8. The molecule has 0 bridgehead atoms. The summed E-state index contributed by atoms with van der Waals surface area (Å²) in [6.45, 7) is -0.311. The van der Waals surface area contributed by atoms with Crippen molar-refractivity contribution >= 4 is 41.5 Å². The number of amides is 4. The number of nitrogens with zero attached hydrogens (tertiary/aromatic N) is 5. The van der Waals surface area contributed by atoms with Crippen LogP contribution in [0.3, 0.4) is 0 Å². The minimum absolute atomic E-state index is 0.0840. The Kier molecular flexibility index (Phi) is 5.09. The zero-order valence-electron chi connectivity index (χ0n) is 17.9. The number of hydrogen-bond acceptors (Lipinski definition) is 10. The maximum absolute atomic E-state index is 12.5. The van der Waals surface area contributed by atoms with Crippen LogP contribution in [-0.2, 0) is 0 Å². The predicted octanol–water partition coefficient (Wildman–Crippen LogP) is 1.24. The number of anilines is 3. The van der Waals surface area contributed by atoms with Gasteiger partial charge in [0.1, 0.15) is 13.3 Å². The Labute approximate surface area is 193 Å². The van der Waals surface area contributed by atoms with Crippen molar-refractivity contribution in [3.63, 3.8) is 0 Å². The summed E-state index contributed by atoms with van der Waals surface area (Å²) >= 11 is 0. The van der Waals surface area contributed by atoms with E-state index in [1.54, 1.807) is 55.6 Å². The van der Waals surface area contributed by atoms with E-state index in [0.717, 1.165) is 9.80 Å². The SMILES string of the molecule is CNc1nc(NCN2C(=O)c3ccccc3C2=O)nc(NCN2C(=O)c3ccccc3C2=O)n1. The van der Waals surface area contributed by atoms with Crippen LogP contribution < -0.4 is 16.0 Å². The summed E-state index contributed by atoms with van der Waals surface area (Å²) in [4.78, 5) is 64.8. The lowest BCUT2D eigenvalue weighted by Gasteiger charge is -2.17. The first-order valence-corrected chi connectivity index (χ1v) is 10.3. The molecule has 4 amide bonds. The third kappa shape index (κ3) is 3.46. The van der Waals surface area contributed by atoms with E-state index in [4.69, 9.17) is 0 Å². The van der Waals surface area contributed by atoms with E-state index in [2.05, 4.69) is 30.9 Å². The van der Waals surface area contributed by atoms with E-state index in [1.165, 1.54) is 0 Å². The van der Waals surface area contributed by atoms with Crippen LogP contribution in [0.4, 0.5) is 17.8 Å². The van der Waals surface area contributed by atoms with Crippen molar-refractivity contribution in [3.8, 4) is 0 Å². The van der Waals surface area contributed by atoms with E-state index in [0.29, 0.717) is 22.3 Å². The summed E-state index contributed by atoms with van der Waals surface area (Å²) in [6, 6.07) is 13.2. The first-order valence-electron chi connectivity index (χ1n) is 10.3. The van der Waals surface area contributed by atoms with Gasteiger partial charge in [0, 0.05) is 7.05 Å². The second-order valence-corrected chi connectivity index (χ2v) is 7.39. The summed E-state index contributed by atoms with van der Waals surface area (Å²) in [5.41, 5.74) is 1.35. The third-order valence-electron chi connectivity index (χ3n) is 5.41. The molecule has 2 aliphatic rings. The molecule has 1 aromatic heterocycles. The van der Waals surface area contributed by atoms with Crippen molar-refractivity contribution in [1.82, 2.24) is 24.8 Å². The molecular weight excluding hydrogens is 440 g/mol. The lowest BCUT2D eigenvalue weighted by molar-refractivity contribution is 0.0650. The molecule has 12 heteroatoms. The number of carbonyl (C=O) groups excluding carboxylic acids is 4. The van der Waals surface area contributed by atoms with Crippen LogP contribution in [0.15, 0.2) is 48.5 Å². The van der Waals surface area contributed by atoms with Crippen LogP contribution >= 0.6 is 0 Å². The number of benzene rings is 2. The number of hydrogen-bond donors (Lipinski definition) is 3. The molecule has 0 spiro atoms. The van der Waals surface area contributed by atoms with Gasteiger partial charge in [0.05, 0.1) is 22.3 Å². The van der Waals surface area contributed by atoms with Crippen molar-refractivity contribution in [2.75, 3.05) is 36.3 Å². The van der Waals surface area contributed by atoms with Gasteiger partial charge in [-0.05, 0) is 24.3 Å². The fraction of sp³-hybridized carbons (Fsp3) is 0.136. The van der Waals surface area contributed by atoms with Gasteiger partial charge in [0.15, 0.2) is 0 Å². The highest BCUT2D eigenvalue weighted by molar-refractivity contribution is 6.22. The Morgan fingerprint density at radius 1 is 0.588 bits per heavy atom. The van der Waals surface area contributed by atoms with Gasteiger partial charge in [-0.1, -0.05) is 24.3 Å². The molecule has 3 aromatic rings. The molecule has 2 aliphatic heterocycles. The second kappa shape index (κ2) is 8.24. The van der Waals surface area contributed by atoms with Gasteiger partial charge in [-0.25, -0.2) is 0 Å². The normalized spacial score (nSPS) is 14.4. The minimum Gasteiger partial charge on any atom is -0.357 e. The number of aromatic nitrogens is 3. The third-order valence-corrected chi connectivity index (χ3v) is 5.41. The van der Waals surface area contributed by atoms with Gasteiger partial charge in [-0.3, -0.25) is 29.0 Å². The molecule has 34 heavy (non-hydrogen) atoms. The Hall–Kier alpha value is -4.87. The second-order valence-electron chi connectivity index (χ2n) is 7.39. The Morgan fingerprint density at radius 2 is 0.912 bits per heavy atom. The number of rotatable bonds is 7. The fourth-order valence-corrected chi connectivity index (χ4v) is 3.71. The highest BCUT2D eigenvalue weighted by Gasteiger charge is 2.36. The van der Waals surface area contributed by atoms with E-state index in [1.807, 2.05) is 0 Å². The molecule has 2 aromatic carbocycles. The van der Waals surface area contributed by atoms with E-state index < -0.39 is 23.6 Å². The molecule has 3 N–H and O–H groups in total. The molecule has 170 valence electrons. The number of fused-ring (bicyclic) bond motifs is 2. The Balaban J connectivity index is 1.28. The average molecular weight is 458 g/mol. The van der Waals surface area contributed by atoms with Crippen molar-refractivity contribution in [2.45, 2.75) is 0 Å². The van der Waals surface area contributed by atoms with Crippen LogP contribution in [-0.4, -0.2) is 68.8 Å². The largest absolute Gasteiger partial charge is 0.357 e. The van der Waals surface area contributed by atoms with Crippen LogP contribution in [0.1, 0.15) is 41.4 Å². The molecule has 3 heterocycles. The summed E-state index contributed by atoms with van der Waals surface area (Å²) in [5.74, 6) is -1.30. The van der Waals surface area contributed by atoms with Crippen LogP contribution in [0, 0.1) is 0 Å². The van der Waals surface area contributed by atoms with Crippen LogP contribution in [0.2, 0.25) is 0 Å². The lowest BCUT2D eigenvalue weighted by Crippen LogP contribution is -2.35. The quantitative estimate of drug-likeness (QED) is 0.441. The van der Waals surface area contributed by atoms with Gasteiger partial charge in [-0.15, -0.1) is 0 Å². The molecule has 0 saturated carbocycles. The van der Waals surface area contributed by atoms with Gasteiger partial charge in [0.2, 0.25) is 17.8 Å². The summed E-state index contributed by atoms with van der Waals surface area (Å²) in [7, 11) is 1.61. The molecule has 0 saturated heterocycles. The van der Waals surface area contributed by atoms with Crippen molar-refractivity contribution in [1.29, 1.82) is 0 Å². The Morgan fingerprint density at radius 3 is 1.24 bits per heavy atom. The molecular formula is C22H18N8O4. The zero-order valence-corrected chi connectivity index (χ0v) is 17.9. The maximum atomic E-state index is 12.5. The van der Waals surface area contributed by atoms with Crippen molar-refractivity contribution in [3.05, 3.63) is 70.8 Å². The Bertz CT molecular complexity index is 1190. The van der Waals surface area contributed by atoms with E-state index >= 15 is 0 Å². The summed E-state index contributed by atoms with van der Waals surface area (Å²) < 4.78 is 0. The molecule has 0 fully saturated rings. The van der Waals surface area contributed by atoms with Gasteiger partial charge < -0.3 is 16.0 Å². The summed E-state index contributed by atoms with van der Waals surface area (Å²) in [5, 5.41) is 8.49. The van der Waals surface area contributed by atoms with Gasteiger partial charge >= 0.3 is 0 Å². The smallest absolute Gasteiger partial charge is 0.263 e. The maximum Gasteiger partial charge on any atom is 0.263 e. The molecule has 0 atom stereocenters. The summed E-state index contributed by atoms with van der Waals surface area (Å²) in [6.07, 6.45) is 0. The van der Waals surface area contributed by atoms with Crippen LogP contribution in [0.5, 0.6) is 0 Å². The van der Waals surface area contributed by atoms with E-state index in [9.17, 15) is 19.2 Å². The van der Waals surface area contributed by atoms with Crippen molar-refractivity contribution < 1.29 is 19.2 Å². The average Bonchev–Trinajstić information content (AvgIpc) is 3.26. The van der Waals surface area contributed by atoms with Crippen molar-refractivity contribution in [2.24, 2.45) is 0 Å².